The van der Waals surface area contributed by atoms with Crippen molar-refractivity contribution in [3.8, 4) is 45.4 Å². The van der Waals surface area contributed by atoms with E-state index in [2.05, 4.69) is 430 Å². The highest BCUT2D eigenvalue weighted by Crippen LogP contribution is 2.53. The van der Waals surface area contributed by atoms with Crippen LogP contribution in [0, 0.1) is 11.3 Å². The average Bonchev–Trinajstić information content (AvgIpc) is 0.774. The number of hydrogen-bond acceptors (Lipinski definition) is 3. The Labute approximate surface area is 675 Å². The summed E-state index contributed by atoms with van der Waals surface area (Å²) in [4.78, 5) is 5.32. The summed E-state index contributed by atoms with van der Waals surface area (Å²) in [6.45, 7) is 48.7. The number of nitriles is 1. The zero-order valence-corrected chi connectivity index (χ0v) is 70.5. The summed E-state index contributed by atoms with van der Waals surface area (Å²) in [5, 5.41) is 19.2. The minimum absolute atomic E-state index is 0.0681. The molecule has 13 aromatic carbocycles. The van der Waals surface area contributed by atoms with Gasteiger partial charge >= 0.3 is 0 Å². The SMILES string of the molecule is CC(C)(C)c1cccc(-c2cc(-c3ccccc3)cc(N3c4cc(-n5c6ccc(C(C)(C)C)cc6c6cc(C(C)(C)C)ccc65)ccc4B4c5ccc(-n6c7ccc(C(C)(C)C)cc7c7cc(C(C)(C)C)ccc76)cc5N(c5cc(-n6c7ccccc7c7ccccc76)c(C#N)cc5C(C)(C)C)c5cc(C(C)(C)C)cc3c54)c2)c1. The molecule has 0 saturated heterocycles. The fourth-order valence-corrected chi connectivity index (χ4v) is 18.4. The van der Waals surface area contributed by atoms with E-state index in [-0.39, 0.29) is 39.2 Å². The van der Waals surface area contributed by atoms with Crippen molar-refractivity contribution in [2.75, 3.05) is 9.80 Å². The maximum Gasteiger partial charge on any atom is 0.252 e. The summed E-state index contributed by atoms with van der Waals surface area (Å²) in [5.41, 5.74) is 32.7. The summed E-state index contributed by atoms with van der Waals surface area (Å²) in [6, 6.07) is 101. The number of hydrogen-bond donors (Lipinski definition) is 0. The molecule has 18 rings (SSSR count). The van der Waals surface area contributed by atoms with Gasteiger partial charge in [0.15, 0.2) is 0 Å². The van der Waals surface area contributed by atoms with Gasteiger partial charge < -0.3 is 23.5 Å². The number of rotatable bonds is 7. The Morgan fingerprint density at radius 1 is 0.246 bits per heavy atom. The Morgan fingerprint density at radius 2 is 0.640 bits per heavy atom. The molecule has 0 radical (unpaired) electrons. The first-order valence-electron chi connectivity index (χ1n) is 41.1. The Bertz CT molecular complexity index is 6530. The van der Waals surface area contributed by atoms with Gasteiger partial charge in [-0.25, -0.2) is 0 Å². The van der Waals surface area contributed by atoms with Crippen LogP contribution in [0.4, 0.5) is 34.1 Å². The molecular formula is C107H105BN6. The molecule has 0 N–H and O–H groups in total. The molecular weight excluding hydrogens is 1380 g/mol. The van der Waals surface area contributed by atoms with Crippen molar-refractivity contribution in [1.82, 2.24) is 13.7 Å². The predicted octanol–water partition coefficient (Wildman–Crippen LogP) is 27.3. The molecule has 0 saturated carbocycles. The molecule has 0 atom stereocenters. The molecule has 0 unspecified atom stereocenters. The highest BCUT2D eigenvalue weighted by Gasteiger charge is 2.46. The summed E-state index contributed by atoms with van der Waals surface area (Å²) in [7, 11) is 0. The second-order valence-electron chi connectivity index (χ2n) is 40.0. The van der Waals surface area contributed by atoms with E-state index in [9.17, 15) is 5.26 Å². The van der Waals surface area contributed by atoms with Crippen LogP contribution < -0.4 is 26.2 Å². The van der Waals surface area contributed by atoms with E-state index >= 15 is 0 Å². The van der Waals surface area contributed by atoms with Gasteiger partial charge in [-0.2, -0.15) is 5.26 Å². The van der Waals surface area contributed by atoms with E-state index in [0.717, 1.165) is 106 Å². The summed E-state index contributed by atoms with van der Waals surface area (Å²) in [6.07, 6.45) is 0. The number of fused-ring (bicyclic) bond motifs is 13. The van der Waals surface area contributed by atoms with Crippen molar-refractivity contribution in [1.29, 1.82) is 5.26 Å². The van der Waals surface area contributed by atoms with Crippen LogP contribution in [0.3, 0.4) is 0 Å². The van der Waals surface area contributed by atoms with Crippen LogP contribution in [-0.4, -0.2) is 20.4 Å². The highest BCUT2D eigenvalue weighted by molar-refractivity contribution is 7.00. The Hall–Kier alpha value is -11.6. The molecule has 2 aliphatic rings. The molecule has 114 heavy (non-hydrogen) atoms. The molecule has 0 fully saturated rings. The van der Waals surface area contributed by atoms with Crippen LogP contribution in [0.5, 0.6) is 0 Å². The first kappa shape index (κ1) is 73.9. The van der Waals surface area contributed by atoms with Crippen LogP contribution in [0.2, 0.25) is 0 Å². The number of nitrogens with zero attached hydrogens (tertiary/aromatic N) is 6. The molecule has 16 aromatic rings. The van der Waals surface area contributed by atoms with Gasteiger partial charge in [0.25, 0.3) is 6.71 Å². The lowest BCUT2D eigenvalue weighted by atomic mass is 9.33. The van der Waals surface area contributed by atoms with E-state index in [0.29, 0.717) is 5.56 Å². The second kappa shape index (κ2) is 25.7. The standard InChI is InChI=1S/C107H105BN6/c1-101(2,3)70-33-29-32-66(51-70)68-50-67(65-30-23-22-24-31-65)52-78(53-68)112-96-61-76(110-90-46-38-71(102(4,5)6)55-81(90)82-56-72(103(7,8)9)39-47-91(82)110)42-44-86(96)108-87-45-43-77(111-92-48-40-73(104(10,11)12)57-83(92)84-58-74(105(13,14)15)41-49-93(84)111)62-97(87)114(99-60-75(106(16,17)18)59-98(112)100(99)108)95-63-94(69(64-109)54-85(95)107(19,20)21)113-88-36-27-25-34-79(88)80-35-26-28-37-89(80)113/h22-63H,1-21H3. The summed E-state index contributed by atoms with van der Waals surface area (Å²) < 4.78 is 7.45. The van der Waals surface area contributed by atoms with E-state index in [1.165, 1.54) is 87.9 Å². The first-order chi connectivity index (χ1) is 53.9. The molecule has 0 aliphatic carbocycles. The van der Waals surface area contributed by atoms with Gasteiger partial charge in [-0.05, 0) is 243 Å². The van der Waals surface area contributed by atoms with Crippen LogP contribution in [-0.2, 0) is 37.9 Å². The smallest absolute Gasteiger partial charge is 0.252 e. The zero-order chi connectivity index (χ0) is 80.2. The van der Waals surface area contributed by atoms with E-state index < -0.39 is 5.41 Å². The minimum atomic E-state index is -0.470. The quantitative estimate of drug-likeness (QED) is 0.149. The molecule has 6 nitrogen and oxygen atoms in total. The Kier molecular flexibility index (Phi) is 16.7. The largest absolute Gasteiger partial charge is 0.311 e. The fraction of sp³-hybridized carbons (Fsp3) is 0.262. The Balaban J connectivity index is 1.000. The molecule has 5 heterocycles. The lowest BCUT2D eigenvalue weighted by molar-refractivity contribution is 0.589. The zero-order valence-electron chi connectivity index (χ0n) is 70.5. The molecule has 3 aromatic heterocycles. The maximum atomic E-state index is 11.9. The third-order valence-electron chi connectivity index (χ3n) is 24.9. The van der Waals surface area contributed by atoms with Crippen LogP contribution in [0.25, 0.3) is 105 Å². The van der Waals surface area contributed by atoms with Gasteiger partial charge in [-0.15, -0.1) is 0 Å². The van der Waals surface area contributed by atoms with Crippen molar-refractivity contribution >= 4 is 123 Å². The first-order valence-corrected chi connectivity index (χ1v) is 41.1. The van der Waals surface area contributed by atoms with Crippen LogP contribution in [0.15, 0.2) is 255 Å². The average molecular weight is 1490 g/mol. The van der Waals surface area contributed by atoms with E-state index in [1.807, 2.05) is 0 Å². The van der Waals surface area contributed by atoms with Gasteiger partial charge in [0.2, 0.25) is 0 Å². The number of para-hydroxylation sites is 2. The molecule has 0 bridgehead atoms. The van der Waals surface area contributed by atoms with Crippen molar-refractivity contribution < 1.29 is 0 Å². The monoisotopic (exact) mass is 1480 g/mol. The minimum Gasteiger partial charge on any atom is -0.311 e. The molecule has 566 valence electrons. The number of anilines is 6. The summed E-state index contributed by atoms with van der Waals surface area (Å²) >= 11 is 0. The maximum absolute atomic E-state index is 11.9. The number of aromatic nitrogens is 3. The third-order valence-corrected chi connectivity index (χ3v) is 24.9. The van der Waals surface area contributed by atoms with Gasteiger partial charge in [0, 0.05) is 72.1 Å². The Morgan fingerprint density at radius 3 is 1.08 bits per heavy atom. The van der Waals surface area contributed by atoms with Crippen LogP contribution in [0.1, 0.15) is 190 Å². The normalized spacial score (nSPS) is 13.6. The van der Waals surface area contributed by atoms with Gasteiger partial charge in [-0.3, -0.25) is 0 Å². The van der Waals surface area contributed by atoms with Crippen LogP contribution >= 0.6 is 0 Å². The van der Waals surface area contributed by atoms with E-state index in [1.54, 1.807) is 0 Å². The highest BCUT2D eigenvalue weighted by atomic mass is 15.2. The third kappa shape index (κ3) is 12.1. The summed E-state index contributed by atoms with van der Waals surface area (Å²) in [5.74, 6) is 0. The predicted molar refractivity (Wildman–Crippen MR) is 490 cm³/mol. The van der Waals surface area contributed by atoms with Crippen molar-refractivity contribution in [3.63, 3.8) is 0 Å². The molecule has 7 heteroatoms. The van der Waals surface area contributed by atoms with Gasteiger partial charge in [0.1, 0.15) is 6.07 Å². The fourth-order valence-electron chi connectivity index (χ4n) is 18.4. The second-order valence-corrected chi connectivity index (χ2v) is 40.0. The lowest BCUT2D eigenvalue weighted by Gasteiger charge is -2.46. The van der Waals surface area contributed by atoms with E-state index in [4.69, 9.17) is 0 Å². The molecule has 0 amide bonds. The van der Waals surface area contributed by atoms with Gasteiger partial charge in [-0.1, -0.05) is 273 Å². The topological polar surface area (TPSA) is 45.1 Å². The van der Waals surface area contributed by atoms with Crippen molar-refractivity contribution in [3.05, 3.63) is 299 Å². The molecule has 2 aliphatic heterocycles. The number of benzene rings is 13. The van der Waals surface area contributed by atoms with Gasteiger partial charge in [0.05, 0.1) is 50.0 Å². The molecule has 0 spiro atoms. The van der Waals surface area contributed by atoms with Crippen molar-refractivity contribution in [2.45, 2.75) is 183 Å². The lowest BCUT2D eigenvalue weighted by Crippen LogP contribution is -2.61. The van der Waals surface area contributed by atoms with Crippen molar-refractivity contribution in [2.24, 2.45) is 0 Å².